The number of nitrogens with two attached hydrogens (primary N) is 1. The van der Waals surface area contributed by atoms with Gasteiger partial charge in [-0.05, 0) is 12.8 Å². The first-order valence-electron chi connectivity index (χ1n) is 5.04. The van der Waals surface area contributed by atoms with E-state index in [1.54, 1.807) is 4.90 Å². The zero-order chi connectivity index (χ0) is 10.6. The molecule has 1 saturated heterocycles. The van der Waals surface area contributed by atoms with E-state index in [2.05, 4.69) is 0 Å². The highest BCUT2D eigenvalue weighted by atomic mass is 32.2. The van der Waals surface area contributed by atoms with Crippen LogP contribution in [-0.4, -0.2) is 45.7 Å². The lowest BCUT2D eigenvalue weighted by atomic mass is 10.2. The average Bonchev–Trinajstić information content (AvgIpc) is 2.40. The molecule has 1 amide bonds. The Morgan fingerprint density at radius 3 is 2.86 bits per heavy atom. The van der Waals surface area contributed by atoms with Crippen LogP contribution in [0.5, 0.6) is 0 Å². The van der Waals surface area contributed by atoms with Crippen molar-refractivity contribution in [2.24, 2.45) is 5.73 Å². The van der Waals surface area contributed by atoms with E-state index in [0.717, 1.165) is 6.42 Å². The predicted octanol–water partition coefficient (Wildman–Crippen LogP) is -0.295. The van der Waals surface area contributed by atoms with Gasteiger partial charge in [-0.3, -0.25) is 9.00 Å². The maximum atomic E-state index is 11.7. The minimum Gasteiger partial charge on any atom is -0.340 e. The van der Waals surface area contributed by atoms with Gasteiger partial charge in [-0.25, -0.2) is 0 Å². The van der Waals surface area contributed by atoms with Gasteiger partial charge in [-0.1, -0.05) is 6.92 Å². The zero-order valence-corrected chi connectivity index (χ0v) is 9.39. The maximum absolute atomic E-state index is 11.7. The van der Waals surface area contributed by atoms with Crippen LogP contribution in [0.4, 0.5) is 0 Å². The van der Waals surface area contributed by atoms with Gasteiger partial charge in [0.15, 0.2) is 0 Å². The Balaban J connectivity index is 2.51. The fourth-order valence-corrected chi connectivity index (χ4v) is 2.55. The third-order valence-corrected chi connectivity index (χ3v) is 3.84. The summed E-state index contributed by atoms with van der Waals surface area (Å²) < 4.78 is 11.2. The number of amides is 1. The first-order chi connectivity index (χ1) is 6.65. The summed E-state index contributed by atoms with van der Waals surface area (Å²) in [6, 6.07) is -0.387. The van der Waals surface area contributed by atoms with Crippen LogP contribution in [0.1, 0.15) is 19.8 Å². The van der Waals surface area contributed by atoms with Crippen molar-refractivity contribution in [2.45, 2.75) is 25.8 Å². The second kappa shape index (κ2) is 5.46. The monoisotopic (exact) mass is 218 g/mol. The summed E-state index contributed by atoms with van der Waals surface area (Å²) in [6.07, 6.45) is 1.49. The third-order valence-electron chi connectivity index (χ3n) is 2.46. The Labute approximate surface area is 87.3 Å². The van der Waals surface area contributed by atoms with Crippen LogP contribution >= 0.6 is 0 Å². The number of rotatable bonds is 2. The molecule has 2 atom stereocenters. The average molecular weight is 218 g/mol. The van der Waals surface area contributed by atoms with Crippen LogP contribution in [0.15, 0.2) is 0 Å². The number of hydrogen-bond donors (Lipinski definition) is 1. The van der Waals surface area contributed by atoms with Crippen molar-refractivity contribution in [3.05, 3.63) is 0 Å². The van der Waals surface area contributed by atoms with Crippen molar-refractivity contribution in [1.82, 2.24) is 4.90 Å². The molecule has 1 aliphatic heterocycles. The molecule has 0 radical (unpaired) electrons. The fraction of sp³-hybridized carbons (Fsp3) is 0.889. The van der Waals surface area contributed by atoms with Crippen LogP contribution in [0.3, 0.4) is 0 Å². The number of hydrogen-bond acceptors (Lipinski definition) is 3. The van der Waals surface area contributed by atoms with E-state index in [1.807, 2.05) is 6.92 Å². The quantitative estimate of drug-likeness (QED) is 0.692. The molecule has 0 aromatic rings. The molecule has 0 aromatic carbocycles. The lowest BCUT2D eigenvalue weighted by Crippen LogP contribution is -2.44. The minimum absolute atomic E-state index is 0.00593. The van der Waals surface area contributed by atoms with E-state index < -0.39 is 10.8 Å². The highest BCUT2D eigenvalue weighted by Gasteiger charge is 2.21. The molecule has 1 heterocycles. The molecule has 4 nitrogen and oxygen atoms in total. The lowest BCUT2D eigenvalue weighted by Gasteiger charge is -2.22. The molecule has 1 unspecified atom stereocenters. The summed E-state index contributed by atoms with van der Waals surface area (Å²) in [5, 5.41) is 0. The van der Waals surface area contributed by atoms with Gasteiger partial charge in [-0.2, -0.15) is 0 Å². The minimum atomic E-state index is -0.745. The van der Waals surface area contributed by atoms with E-state index in [-0.39, 0.29) is 11.9 Å². The molecule has 0 bridgehead atoms. The van der Waals surface area contributed by atoms with E-state index in [9.17, 15) is 9.00 Å². The van der Waals surface area contributed by atoms with Gasteiger partial charge in [0.25, 0.3) is 0 Å². The highest BCUT2D eigenvalue weighted by molar-refractivity contribution is 7.85. The topological polar surface area (TPSA) is 63.4 Å². The van der Waals surface area contributed by atoms with Crippen LogP contribution in [-0.2, 0) is 15.6 Å². The fourth-order valence-electron chi connectivity index (χ4n) is 1.47. The smallest absolute Gasteiger partial charge is 0.239 e. The van der Waals surface area contributed by atoms with Crippen LogP contribution in [0.25, 0.3) is 0 Å². The third kappa shape index (κ3) is 3.06. The predicted molar refractivity (Wildman–Crippen MR) is 57.3 cm³/mol. The van der Waals surface area contributed by atoms with Crippen molar-refractivity contribution < 1.29 is 9.00 Å². The molecule has 1 aliphatic rings. The molecule has 1 fully saturated rings. The molecular weight excluding hydrogens is 200 g/mol. The van der Waals surface area contributed by atoms with Crippen molar-refractivity contribution in [2.75, 3.05) is 24.6 Å². The van der Waals surface area contributed by atoms with Crippen molar-refractivity contribution in [3.63, 3.8) is 0 Å². The van der Waals surface area contributed by atoms with Crippen molar-refractivity contribution in [1.29, 1.82) is 0 Å². The molecule has 0 aromatic heterocycles. The second-order valence-electron chi connectivity index (χ2n) is 3.54. The van der Waals surface area contributed by atoms with Gasteiger partial charge < -0.3 is 10.6 Å². The molecule has 0 saturated carbocycles. The molecule has 5 heteroatoms. The highest BCUT2D eigenvalue weighted by Crippen LogP contribution is 2.04. The summed E-state index contributed by atoms with van der Waals surface area (Å²) in [5.74, 6) is 1.32. The Bertz CT molecular complexity index is 233. The Kier molecular flexibility index (Phi) is 4.54. The molecule has 0 spiro atoms. The summed E-state index contributed by atoms with van der Waals surface area (Å²) in [6.45, 7) is 3.20. The van der Waals surface area contributed by atoms with Gasteiger partial charge in [0.05, 0.1) is 6.04 Å². The summed E-state index contributed by atoms with van der Waals surface area (Å²) in [7, 11) is -0.745. The van der Waals surface area contributed by atoms with Crippen LogP contribution < -0.4 is 5.73 Å². The van der Waals surface area contributed by atoms with E-state index in [4.69, 9.17) is 5.73 Å². The summed E-state index contributed by atoms with van der Waals surface area (Å²) in [5.41, 5.74) is 5.67. The van der Waals surface area contributed by atoms with E-state index in [1.165, 1.54) is 0 Å². The number of carbonyl (C=O) groups is 1. The molecule has 1 rings (SSSR count). The van der Waals surface area contributed by atoms with Gasteiger partial charge in [-0.15, -0.1) is 0 Å². The van der Waals surface area contributed by atoms with Gasteiger partial charge in [0.1, 0.15) is 0 Å². The molecular formula is C9H18N2O2S. The van der Waals surface area contributed by atoms with Crippen molar-refractivity contribution in [3.8, 4) is 0 Å². The second-order valence-corrected chi connectivity index (χ2v) is 5.24. The molecule has 14 heavy (non-hydrogen) atoms. The molecule has 2 N–H and O–H groups in total. The van der Waals surface area contributed by atoms with Crippen LogP contribution in [0.2, 0.25) is 0 Å². The number of nitrogens with zero attached hydrogens (tertiary/aromatic N) is 1. The SMILES string of the molecule is CC[C@H](N)C(=O)N1CCCS(=O)CC1. The number of carbonyl (C=O) groups excluding carboxylic acids is 1. The van der Waals surface area contributed by atoms with E-state index in [0.29, 0.717) is 31.0 Å². The maximum Gasteiger partial charge on any atom is 0.239 e. The first kappa shape index (κ1) is 11.7. The Morgan fingerprint density at radius 2 is 2.21 bits per heavy atom. The largest absolute Gasteiger partial charge is 0.340 e. The van der Waals surface area contributed by atoms with Gasteiger partial charge in [0.2, 0.25) is 5.91 Å². The Morgan fingerprint density at radius 1 is 1.50 bits per heavy atom. The molecule has 82 valence electrons. The molecule has 0 aliphatic carbocycles. The van der Waals surface area contributed by atoms with Crippen LogP contribution in [0, 0.1) is 0 Å². The van der Waals surface area contributed by atoms with E-state index >= 15 is 0 Å². The normalized spacial score (nSPS) is 25.6. The van der Waals surface area contributed by atoms with Gasteiger partial charge in [0, 0.05) is 35.4 Å². The summed E-state index contributed by atoms with van der Waals surface area (Å²) in [4.78, 5) is 13.4. The zero-order valence-electron chi connectivity index (χ0n) is 8.57. The van der Waals surface area contributed by atoms with Gasteiger partial charge >= 0.3 is 0 Å². The standard InChI is InChI=1S/C9H18N2O2S/c1-2-8(10)9(12)11-4-3-6-14(13)7-5-11/h8H,2-7,10H2,1H3/t8-,14?/m0/s1. The summed E-state index contributed by atoms with van der Waals surface area (Å²) >= 11 is 0. The Hall–Kier alpha value is -0.420. The first-order valence-corrected chi connectivity index (χ1v) is 6.53. The van der Waals surface area contributed by atoms with Crippen molar-refractivity contribution >= 4 is 16.7 Å². The lowest BCUT2D eigenvalue weighted by molar-refractivity contribution is -0.132.